The Bertz CT molecular complexity index is 612. The molecular formula is C17H30IN7O. The Morgan fingerprint density at radius 3 is 2.77 bits per heavy atom. The molecule has 9 heteroatoms. The lowest BCUT2D eigenvalue weighted by atomic mass is 10.1. The van der Waals surface area contributed by atoms with Gasteiger partial charge in [-0.1, -0.05) is 12.8 Å². The highest BCUT2D eigenvalue weighted by Crippen LogP contribution is 2.27. The summed E-state index contributed by atoms with van der Waals surface area (Å²) in [6.45, 7) is 4.93. The second-order valence-corrected chi connectivity index (χ2v) is 6.89. The summed E-state index contributed by atoms with van der Waals surface area (Å²) in [6.07, 6.45) is 7.03. The van der Waals surface area contributed by atoms with Crippen LogP contribution in [0.5, 0.6) is 0 Å². The minimum Gasteiger partial charge on any atom is -0.357 e. The topological polar surface area (TPSA) is 87.4 Å². The van der Waals surface area contributed by atoms with Crippen LogP contribution in [-0.4, -0.2) is 57.2 Å². The minimum absolute atomic E-state index is 0. The van der Waals surface area contributed by atoms with Gasteiger partial charge in [0, 0.05) is 38.6 Å². The van der Waals surface area contributed by atoms with Gasteiger partial charge in [-0.15, -0.1) is 24.0 Å². The SMILES string of the molecule is CCNC(=NCc1ncnn1C)NC1CCN(C(=O)C2CCCC2)C1.I. The zero-order valence-electron chi connectivity index (χ0n) is 15.6. The first-order valence-corrected chi connectivity index (χ1v) is 9.34. The van der Waals surface area contributed by atoms with Gasteiger partial charge in [-0.2, -0.15) is 5.10 Å². The van der Waals surface area contributed by atoms with Crippen LogP contribution in [0.15, 0.2) is 11.3 Å². The molecule has 1 aliphatic carbocycles. The number of hydrogen-bond donors (Lipinski definition) is 2. The van der Waals surface area contributed by atoms with Gasteiger partial charge in [-0.25, -0.2) is 9.98 Å². The maximum absolute atomic E-state index is 12.6. The molecule has 1 saturated heterocycles. The molecule has 146 valence electrons. The van der Waals surface area contributed by atoms with E-state index in [4.69, 9.17) is 0 Å². The quantitative estimate of drug-likeness (QED) is 0.381. The van der Waals surface area contributed by atoms with Gasteiger partial charge in [-0.05, 0) is 26.2 Å². The van der Waals surface area contributed by atoms with E-state index in [1.54, 1.807) is 4.68 Å². The molecule has 8 nitrogen and oxygen atoms in total. The molecule has 26 heavy (non-hydrogen) atoms. The number of aryl methyl sites for hydroxylation is 1. The summed E-state index contributed by atoms with van der Waals surface area (Å²) in [5.74, 6) is 2.20. The monoisotopic (exact) mass is 475 g/mol. The van der Waals surface area contributed by atoms with Crippen LogP contribution in [0.3, 0.4) is 0 Å². The van der Waals surface area contributed by atoms with Crippen LogP contribution in [0.2, 0.25) is 0 Å². The molecular weight excluding hydrogens is 445 g/mol. The van der Waals surface area contributed by atoms with Crippen molar-refractivity contribution in [3.63, 3.8) is 0 Å². The van der Waals surface area contributed by atoms with E-state index in [1.165, 1.54) is 19.2 Å². The van der Waals surface area contributed by atoms with Crippen molar-refractivity contribution >= 4 is 35.8 Å². The lowest BCUT2D eigenvalue weighted by Crippen LogP contribution is -2.45. The van der Waals surface area contributed by atoms with Gasteiger partial charge in [0.15, 0.2) is 5.96 Å². The summed E-state index contributed by atoms with van der Waals surface area (Å²) in [4.78, 5) is 23.4. The fourth-order valence-corrected chi connectivity index (χ4v) is 3.64. The predicted octanol–water partition coefficient (Wildman–Crippen LogP) is 1.28. The third-order valence-corrected chi connectivity index (χ3v) is 5.07. The molecule has 1 aromatic rings. The normalized spacial score (nSPS) is 20.9. The average Bonchev–Trinajstić information content (AvgIpc) is 3.35. The van der Waals surface area contributed by atoms with Gasteiger partial charge in [0.2, 0.25) is 5.91 Å². The molecule has 0 aromatic carbocycles. The highest BCUT2D eigenvalue weighted by molar-refractivity contribution is 14.0. The zero-order valence-corrected chi connectivity index (χ0v) is 18.0. The van der Waals surface area contributed by atoms with Crippen LogP contribution >= 0.6 is 24.0 Å². The van der Waals surface area contributed by atoms with E-state index in [0.717, 1.165) is 50.7 Å². The van der Waals surface area contributed by atoms with Crippen molar-refractivity contribution in [1.82, 2.24) is 30.3 Å². The lowest BCUT2D eigenvalue weighted by molar-refractivity contribution is -0.134. The Morgan fingerprint density at radius 1 is 1.35 bits per heavy atom. The molecule has 1 aliphatic heterocycles. The maximum atomic E-state index is 12.6. The number of amides is 1. The van der Waals surface area contributed by atoms with Gasteiger partial charge >= 0.3 is 0 Å². The first-order valence-electron chi connectivity index (χ1n) is 9.34. The van der Waals surface area contributed by atoms with Crippen LogP contribution in [0.4, 0.5) is 0 Å². The average molecular weight is 475 g/mol. The number of aromatic nitrogens is 3. The predicted molar refractivity (Wildman–Crippen MR) is 111 cm³/mol. The van der Waals surface area contributed by atoms with Crippen molar-refractivity contribution in [1.29, 1.82) is 0 Å². The third-order valence-electron chi connectivity index (χ3n) is 5.07. The smallest absolute Gasteiger partial charge is 0.225 e. The molecule has 2 aliphatic rings. The van der Waals surface area contributed by atoms with Crippen LogP contribution in [-0.2, 0) is 18.4 Å². The molecule has 1 unspecified atom stereocenters. The number of halogens is 1. The molecule has 0 bridgehead atoms. The highest BCUT2D eigenvalue weighted by Gasteiger charge is 2.32. The number of guanidine groups is 1. The van der Waals surface area contributed by atoms with E-state index in [9.17, 15) is 4.79 Å². The van der Waals surface area contributed by atoms with Crippen LogP contribution < -0.4 is 10.6 Å². The number of hydrogen-bond acceptors (Lipinski definition) is 4. The molecule has 2 heterocycles. The number of nitrogens with one attached hydrogen (secondary N) is 2. The minimum atomic E-state index is 0. The molecule has 1 aromatic heterocycles. The lowest BCUT2D eigenvalue weighted by Gasteiger charge is -2.21. The van der Waals surface area contributed by atoms with E-state index in [2.05, 4.69) is 25.7 Å². The van der Waals surface area contributed by atoms with Gasteiger partial charge < -0.3 is 15.5 Å². The van der Waals surface area contributed by atoms with Gasteiger partial charge in [0.1, 0.15) is 18.7 Å². The van der Waals surface area contributed by atoms with Crippen molar-refractivity contribution in [3.05, 3.63) is 12.2 Å². The molecule has 2 N–H and O–H groups in total. The number of carbonyl (C=O) groups excluding carboxylic acids is 1. The number of carbonyl (C=O) groups is 1. The Hall–Kier alpha value is -1.39. The van der Waals surface area contributed by atoms with Gasteiger partial charge in [0.25, 0.3) is 0 Å². The van der Waals surface area contributed by atoms with E-state index in [1.807, 2.05) is 18.9 Å². The second-order valence-electron chi connectivity index (χ2n) is 6.89. The van der Waals surface area contributed by atoms with E-state index in [0.29, 0.717) is 12.5 Å². The summed E-state index contributed by atoms with van der Waals surface area (Å²) in [5.41, 5.74) is 0. The summed E-state index contributed by atoms with van der Waals surface area (Å²) in [6, 6.07) is 0.252. The zero-order chi connectivity index (χ0) is 17.6. The number of likely N-dealkylation sites (tertiary alicyclic amines) is 1. The van der Waals surface area contributed by atoms with E-state index in [-0.39, 0.29) is 35.9 Å². The van der Waals surface area contributed by atoms with Crippen LogP contribution in [0, 0.1) is 5.92 Å². The Labute approximate surface area is 172 Å². The third kappa shape index (κ3) is 5.31. The molecule has 2 fully saturated rings. The van der Waals surface area contributed by atoms with Crippen molar-refractivity contribution < 1.29 is 4.79 Å². The molecule has 1 saturated carbocycles. The first kappa shape index (κ1) is 20.9. The Balaban J connectivity index is 0.00000243. The summed E-state index contributed by atoms with van der Waals surface area (Å²) in [7, 11) is 1.86. The maximum Gasteiger partial charge on any atom is 0.225 e. The number of nitrogens with zero attached hydrogens (tertiary/aromatic N) is 5. The largest absolute Gasteiger partial charge is 0.357 e. The fraction of sp³-hybridized carbons (Fsp3) is 0.765. The van der Waals surface area contributed by atoms with Crippen molar-refractivity contribution in [2.24, 2.45) is 18.0 Å². The summed E-state index contributed by atoms with van der Waals surface area (Å²) in [5, 5.41) is 10.8. The van der Waals surface area contributed by atoms with Gasteiger partial charge in [-0.3, -0.25) is 9.48 Å². The standard InChI is InChI=1S/C17H29N7O.HI/c1-3-18-17(19-10-15-20-12-21-23(15)2)22-14-8-9-24(11-14)16(25)13-6-4-5-7-13;/h12-14H,3-11H2,1-2H3,(H2,18,19,22);1H. The highest BCUT2D eigenvalue weighted by atomic mass is 127. The summed E-state index contributed by atoms with van der Waals surface area (Å²) < 4.78 is 1.73. The Morgan fingerprint density at radius 2 is 2.12 bits per heavy atom. The van der Waals surface area contributed by atoms with Crippen molar-refractivity contribution in [2.75, 3.05) is 19.6 Å². The summed E-state index contributed by atoms with van der Waals surface area (Å²) >= 11 is 0. The molecule has 0 spiro atoms. The number of aliphatic imine (C=N–C) groups is 1. The first-order chi connectivity index (χ1) is 12.2. The van der Waals surface area contributed by atoms with Crippen LogP contribution in [0.1, 0.15) is 44.9 Å². The van der Waals surface area contributed by atoms with E-state index < -0.39 is 0 Å². The van der Waals surface area contributed by atoms with Crippen molar-refractivity contribution in [2.45, 2.75) is 51.6 Å². The number of rotatable bonds is 5. The van der Waals surface area contributed by atoms with E-state index >= 15 is 0 Å². The Kier molecular flexibility index (Phi) is 8.11. The molecule has 1 amide bonds. The van der Waals surface area contributed by atoms with Crippen LogP contribution in [0.25, 0.3) is 0 Å². The second kappa shape index (κ2) is 10.1. The van der Waals surface area contributed by atoms with Crippen molar-refractivity contribution in [3.8, 4) is 0 Å². The molecule has 3 rings (SSSR count). The molecule has 0 radical (unpaired) electrons. The fourth-order valence-electron chi connectivity index (χ4n) is 3.64. The molecule has 1 atom stereocenters. The van der Waals surface area contributed by atoms with Gasteiger partial charge in [0.05, 0.1) is 0 Å².